The van der Waals surface area contributed by atoms with Gasteiger partial charge in [-0.3, -0.25) is 9.78 Å². The summed E-state index contributed by atoms with van der Waals surface area (Å²) >= 11 is 0. The molecule has 0 aliphatic carbocycles. The summed E-state index contributed by atoms with van der Waals surface area (Å²) in [4.78, 5) is 26.4. The van der Waals surface area contributed by atoms with Crippen LogP contribution in [0, 0.1) is 5.92 Å². The Bertz CT molecular complexity index is 1010. The highest BCUT2D eigenvalue weighted by Gasteiger charge is 2.28. The summed E-state index contributed by atoms with van der Waals surface area (Å²) < 4.78 is 0. The Balaban J connectivity index is 1.21. The van der Waals surface area contributed by atoms with Gasteiger partial charge >= 0.3 is 0 Å². The third-order valence-electron chi connectivity index (χ3n) is 6.03. The lowest BCUT2D eigenvalue weighted by Gasteiger charge is -2.33. The van der Waals surface area contributed by atoms with E-state index >= 15 is 0 Å². The van der Waals surface area contributed by atoms with Gasteiger partial charge in [0.15, 0.2) is 0 Å². The summed E-state index contributed by atoms with van der Waals surface area (Å²) in [6.07, 6.45) is 5.53. The molecule has 5 nitrogen and oxygen atoms in total. The number of amides is 1. The van der Waals surface area contributed by atoms with E-state index in [2.05, 4.69) is 28.1 Å². The van der Waals surface area contributed by atoms with Crippen LogP contribution in [0.15, 0.2) is 54.7 Å². The van der Waals surface area contributed by atoms with Gasteiger partial charge in [0.25, 0.3) is 0 Å². The van der Waals surface area contributed by atoms with Crippen LogP contribution in [-0.4, -0.2) is 35.5 Å². The number of benzene rings is 2. The third-order valence-corrected chi connectivity index (χ3v) is 6.03. The van der Waals surface area contributed by atoms with Crippen molar-refractivity contribution in [1.29, 1.82) is 0 Å². The number of rotatable bonds is 3. The Morgan fingerprint density at radius 2 is 1.71 bits per heavy atom. The van der Waals surface area contributed by atoms with Gasteiger partial charge in [0.05, 0.1) is 17.2 Å². The van der Waals surface area contributed by atoms with E-state index in [1.165, 1.54) is 5.56 Å². The zero-order valence-corrected chi connectivity index (χ0v) is 15.9. The Morgan fingerprint density at radius 1 is 0.964 bits per heavy atom. The standard InChI is InChI=1S/C23H24N4O/c28-23(27-14-11-18-5-1-4-8-21(18)27)15-17-9-12-26(13-10-17)22-16-24-19-6-2-3-7-20(19)25-22/h1-8,16-17H,9-15H2. The third kappa shape index (κ3) is 3.21. The summed E-state index contributed by atoms with van der Waals surface area (Å²) in [7, 11) is 0. The second-order valence-electron chi connectivity index (χ2n) is 7.78. The minimum absolute atomic E-state index is 0.272. The molecular formula is C23H24N4O. The van der Waals surface area contributed by atoms with Crippen LogP contribution < -0.4 is 9.80 Å². The van der Waals surface area contributed by atoms with Crippen molar-refractivity contribution in [3.05, 3.63) is 60.3 Å². The highest BCUT2D eigenvalue weighted by atomic mass is 16.2. The lowest BCUT2D eigenvalue weighted by Crippen LogP contribution is -2.37. The summed E-state index contributed by atoms with van der Waals surface area (Å²) in [6.45, 7) is 2.69. The number of para-hydroxylation sites is 3. The van der Waals surface area contributed by atoms with Crippen molar-refractivity contribution in [3.63, 3.8) is 0 Å². The predicted molar refractivity (Wildman–Crippen MR) is 112 cm³/mol. The SMILES string of the molecule is O=C(CC1CCN(c2cnc3ccccc3n2)CC1)N1CCc2ccccc21. The largest absolute Gasteiger partial charge is 0.355 e. The normalized spacial score (nSPS) is 17.1. The summed E-state index contributed by atoms with van der Waals surface area (Å²) in [6, 6.07) is 16.2. The van der Waals surface area contributed by atoms with Gasteiger partial charge in [0, 0.05) is 31.7 Å². The molecule has 0 spiro atoms. The van der Waals surface area contributed by atoms with E-state index in [4.69, 9.17) is 4.98 Å². The molecule has 3 heterocycles. The molecule has 1 fully saturated rings. The molecule has 142 valence electrons. The number of hydrogen-bond acceptors (Lipinski definition) is 4. The predicted octanol–water partition coefficient (Wildman–Crippen LogP) is 3.83. The highest BCUT2D eigenvalue weighted by molar-refractivity contribution is 5.95. The average molecular weight is 372 g/mol. The van der Waals surface area contributed by atoms with Gasteiger partial charge in [-0.1, -0.05) is 30.3 Å². The quantitative estimate of drug-likeness (QED) is 0.701. The van der Waals surface area contributed by atoms with Gasteiger partial charge in [0.1, 0.15) is 5.82 Å². The van der Waals surface area contributed by atoms with Gasteiger partial charge in [-0.15, -0.1) is 0 Å². The maximum Gasteiger partial charge on any atom is 0.227 e. The fourth-order valence-electron chi connectivity index (χ4n) is 4.42. The van der Waals surface area contributed by atoms with E-state index in [0.717, 1.165) is 61.4 Å². The van der Waals surface area contributed by atoms with Crippen LogP contribution in [0.5, 0.6) is 0 Å². The Morgan fingerprint density at radius 3 is 2.57 bits per heavy atom. The Kier molecular flexibility index (Phi) is 4.43. The van der Waals surface area contributed by atoms with Crippen LogP contribution in [0.2, 0.25) is 0 Å². The number of hydrogen-bond donors (Lipinski definition) is 0. The lowest BCUT2D eigenvalue weighted by atomic mass is 9.93. The summed E-state index contributed by atoms with van der Waals surface area (Å²) in [5.41, 5.74) is 4.26. The fourth-order valence-corrected chi connectivity index (χ4v) is 4.42. The van der Waals surface area contributed by atoms with E-state index in [0.29, 0.717) is 12.3 Å². The molecule has 2 aliphatic heterocycles. The zero-order chi connectivity index (χ0) is 18.9. The van der Waals surface area contributed by atoms with Crippen molar-refractivity contribution in [2.75, 3.05) is 29.4 Å². The molecule has 5 rings (SSSR count). The number of fused-ring (bicyclic) bond motifs is 2. The second-order valence-corrected chi connectivity index (χ2v) is 7.78. The monoisotopic (exact) mass is 372 g/mol. The molecule has 0 bridgehead atoms. The van der Waals surface area contributed by atoms with E-state index in [1.54, 1.807) is 0 Å². The van der Waals surface area contributed by atoms with Crippen LogP contribution in [0.3, 0.4) is 0 Å². The molecule has 2 aliphatic rings. The maximum atomic E-state index is 12.9. The van der Waals surface area contributed by atoms with Crippen molar-refractivity contribution < 1.29 is 4.79 Å². The zero-order valence-electron chi connectivity index (χ0n) is 15.9. The molecule has 5 heteroatoms. The Labute approximate surface area is 165 Å². The van der Waals surface area contributed by atoms with Crippen LogP contribution in [0.4, 0.5) is 11.5 Å². The summed E-state index contributed by atoms with van der Waals surface area (Å²) in [5.74, 6) is 1.66. The highest BCUT2D eigenvalue weighted by Crippen LogP contribution is 2.30. The molecule has 0 unspecified atom stereocenters. The average Bonchev–Trinajstić information content (AvgIpc) is 3.18. The molecule has 3 aromatic rings. The van der Waals surface area contributed by atoms with Crippen LogP contribution in [0.25, 0.3) is 11.0 Å². The van der Waals surface area contributed by atoms with E-state index in [9.17, 15) is 4.79 Å². The van der Waals surface area contributed by atoms with E-state index < -0.39 is 0 Å². The van der Waals surface area contributed by atoms with Crippen molar-refractivity contribution in [3.8, 4) is 0 Å². The number of aromatic nitrogens is 2. The van der Waals surface area contributed by atoms with Crippen LogP contribution in [-0.2, 0) is 11.2 Å². The van der Waals surface area contributed by atoms with Crippen molar-refractivity contribution in [2.24, 2.45) is 5.92 Å². The molecule has 0 atom stereocenters. The fraction of sp³-hybridized carbons (Fsp3) is 0.348. The van der Waals surface area contributed by atoms with Gasteiger partial charge in [-0.25, -0.2) is 4.98 Å². The van der Waals surface area contributed by atoms with Crippen LogP contribution >= 0.6 is 0 Å². The molecule has 28 heavy (non-hydrogen) atoms. The molecule has 1 aromatic heterocycles. The number of nitrogens with zero attached hydrogens (tertiary/aromatic N) is 4. The van der Waals surface area contributed by atoms with Gasteiger partial charge < -0.3 is 9.80 Å². The number of carbonyl (C=O) groups is 1. The molecule has 2 aromatic carbocycles. The molecule has 0 radical (unpaired) electrons. The van der Waals surface area contributed by atoms with Gasteiger partial charge in [-0.2, -0.15) is 0 Å². The van der Waals surface area contributed by atoms with Crippen molar-refractivity contribution >= 4 is 28.4 Å². The molecule has 0 N–H and O–H groups in total. The maximum absolute atomic E-state index is 12.9. The smallest absolute Gasteiger partial charge is 0.227 e. The number of carbonyl (C=O) groups excluding carboxylic acids is 1. The first-order valence-corrected chi connectivity index (χ1v) is 10.1. The molecular weight excluding hydrogens is 348 g/mol. The lowest BCUT2D eigenvalue weighted by molar-refractivity contribution is -0.119. The summed E-state index contributed by atoms with van der Waals surface area (Å²) in [5, 5.41) is 0. The number of anilines is 2. The van der Waals surface area contributed by atoms with Gasteiger partial charge in [-0.05, 0) is 48.9 Å². The first kappa shape index (κ1) is 17.2. The van der Waals surface area contributed by atoms with Crippen molar-refractivity contribution in [1.82, 2.24) is 9.97 Å². The van der Waals surface area contributed by atoms with Crippen molar-refractivity contribution in [2.45, 2.75) is 25.7 Å². The first-order valence-electron chi connectivity index (χ1n) is 10.1. The van der Waals surface area contributed by atoms with Crippen LogP contribution in [0.1, 0.15) is 24.8 Å². The first-order chi connectivity index (χ1) is 13.8. The topological polar surface area (TPSA) is 49.3 Å². The Hall–Kier alpha value is -2.95. The molecule has 0 saturated carbocycles. The molecule has 1 amide bonds. The minimum Gasteiger partial charge on any atom is -0.355 e. The number of piperidine rings is 1. The van der Waals surface area contributed by atoms with Gasteiger partial charge in [0.2, 0.25) is 5.91 Å². The second kappa shape index (κ2) is 7.23. The minimum atomic E-state index is 0.272. The van der Waals surface area contributed by atoms with E-state index in [-0.39, 0.29) is 5.91 Å². The van der Waals surface area contributed by atoms with E-state index in [1.807, 2.05) is 41.4 Å². The molecule has 1 saturated heterocycles.